The zero-order valence-electron chi connectivity index (χ0n) is 11.1. The summed E-state index contributed by atoms with van der Waals surface area (Å²) in [6.45, 7) is 2.16. The van der Waals surface area contributed by atoms with Gasteiger partial charge in [0.05, 0.1) is 7.11 Å². The molecule has 0 amide bonds. The van der Waals surface area contributed by atoms with Gasteiger partial charge in [-0.1, -0.05) is 25.5 Å². The molecule has 18 heavy (non-hydrogen) atoms. The minimum Gasteiger partial charge on any atom is -0.497 e. The Balaban J connectivity index is 2.15. The van der Waals surface area contributed by atoms with E-state index in [9.17, 15) is 4.79 Å². The third kappa shape index (κ3) is 3.00. The molecular weight excluding hydrogens is 224 g/mol. The van der Waals surface area contributed by atoms with Crippen LogP contribution in [-0.4, -0.2) is 12.9 Å². The van der Waals surface area contributed by atoms with E-state index in [0.29, 0.717) is 18.1 Å². The molecule has 1 aliphatic rings. The molecule has 1 atom stereocenters. The number of methoxy groups -OCH3 is 1. The third-order valence-electron chi connectivity index (χ3n) is 3.67. The fourth-order valence-electron chi connectivity index (χ4n) is 2.43. The van der Waals surface area contributed by atoms with Crippen molar-refractivity contribution in [3.05, 3.63) is 35.4 Å². The zero-order valence-corrected chi connectivity index (χ0v) is 11.1. The molecule has 1 aliphatic carbocycles. The molecule has 0 saturated heterocycles. The lowest BCUT2D eigenvalue weighted by atomic mass is 9.83. The molecule has 0 bridgehead atoms. The van der Waals surface area contributed by atoms with Crippen molar-refractivity contribution < 1.29 is 9.53 Å². The van der Waals surface area contributed by atoms with E-state index in [2.05, 4.69) is 6.92 Å². The van der Waals surface area contributed by atoms with E-state index >= 15 is 0 Å². The van der Waals surface area contributed by atoms with Crippen molar-refractivity contribution in [1.29, 1.82) is 0 Å². The van der Waals surface area contributed by atoms with Gasteiger partial charge in [-0.05, 0) is 48.1 Å². The first-order chi connectivity index (χ1) is 8.72. The van der Waals surface area contributed by atoms with E-state index in [4.69, 9.17) is 4.74 Å². The summed E-state index contributed by atoms with van der Waals surface area (Å²) in [6.07, 6.45) is 5.88. The van der Waals surface area contributed by atoms with Gasteiger partial charge in [0.15, 0.2) is 5.78 Å². The van der Waals surface area contributed by atoms with Crippen LogP contribution >= 0.6 is 0 Å². The molecule has 2 rings (SSSR count). The molecule has 2 heteroatoms. The monoisotopic (exact) mass is 244 g/mol. The second kappa shape index (κ2) is 5.85. The average molecular weight is 244 g/mol. The van der Waals surface area contributed by atoms with Crippen molar-refractivity contribution in [3.8, 4) is 5.75 Å². The van der Waals surface area contributed by atoms with Crippen LogP contribution in [-0.2, 0) is 4.79 Å². The first-order valence-electron chi connectivity index (χ1n) is 6.60. The smallest absolute Gasteiger partial charge is 0.159 e. The Hall–Kier alpha value is -1.57. The van der Waals surface area contributed by atoms with Gasteiger partial charge in [0.2, 0.25) is 0 Å². The fraction of sp³-hybridized carbons (Fsp3) is 0.438. The van der Waals surface area contributed by atoms with Crippen molar-refractivity contribution in [3.63, 3.8) is 0 Å². The van der Waals surface area contributed by atoms with Gasteiger partial charge >= 0.3 is 0 Å². The van der Waals surface area contributed by atoms with Crippen LogP contribution < -0.4 is 4.74 Å². The summed E-state index contributed by atoms with van der Waals surface area (Å²) in [4.78, 5) is 12.0. The maximum absolute atomic E-state index is 12.0. The molecule has 0 radical (unpaired) electrons. The Morgan fingerprint density at radius 1 is 1.44 bits per heavy atom. The molecule has 1 unspecified atom stereocenters. The SMILES string of the molecule is CCC1CCC(=Cc2cccc(OC)c2)C(=O)C1. The lowest BCUT2D eigenvalue weighted by Gasteiger charge is -2.21. The first kappa shape index (κ1) is 12.9. The van der Waals surface area contributed by atoms with Crippen LogP contribution in [0.25, 0.3) is 6.08 Å². The summed E-state index contributed by atoms with van der Waals surface area (Å²) in [5.41, 5.74) is 2.01. The highest BCUT2D eigenvalue weighted by molar-refractivity contribution is 6.00. The van der Waals surface area contributed by atoms with E-state index in [1.54, 1.807) is 7.11 Å². The summed E-state index contributed by atoms with van der Waals surface area (Å²) < 4.78 is 5.19. The quantitative estimate of drug-likeness (QED) is 0.755. The van der Waals surface area contributed by atoms with Gasteiger partial charge in [0.25, 0.3) is 0 Å². The summed E-state index contributed by atoms with van der Waals surface area (Å²) in [5.74, 6) is 1.73. The largest absolute Gasteiger partial charge is 0.497 e. The van der Waals surface area contributed by atoms with Crippen LogP contribution in [0, 0.1) is 5.92 Å². The topological polar surface area (TPSA) is 26.3 Å². The van der Waals surface area contributed by atoms with E-state index < -0.39 is 0 Å². The van der Waals surface area contributed by atoms with Crippen molar-refractivity contribution in [2.75, 3.05) is 7.11 Å². The minimum atomic E-state index is 0.316. The third-order valence-corrected chi connectivity index (χ3v) is 3.67. The highest BCUT2D eigenvalue weighted by Crippen LogP contribution is 2.29. The van der Waals surface area contributed by atoms with Crippen molar-refractivity contribution >= 4 is 11.9 Å². The Labute approximate surface area is 109 Å². The van der Waals surface area contributed by atoms with Crippen LogP contribution in [0.1, 0.15) is 38.2 Å². The highest BCUT2D eigenvalue weighted by atomic mass is 16.5. The molecule has 1 aromatic carbocycles. The van der Waals surface area contributed by atoms with Crippen LogP contribution in [0.2, 0.25) is 0 Å². The molecule has 1 saturated carbocycles. The second-order valence-corrected chi connectivity index (χ2v) is 4.89. The van der Waals surface area contributed by atoms with E-state index in [0.717, 1.165) is 36.1 Å². The molecule has 0 spiro atoms. The molecule has 0 heterocycles. The van der Waals surface area contributed by atoms with Crippen molar-refractivity contribution in [2.45, 2.75) is 32.6 Å². The first-order valence-corrected chi connectivity index (χ1v) is 6.60. The number of allylic oxidation sites excluding steroid dienone is 1. The lowest BCUT2D eigenvalue weighted by Crippen LogP contribution is -2.16. The lowest BCUT2D eigenvalue weighted by molar-refractivity contribution is -0.117. The average Bonchev–Trinajstić information content (AvgIpc) is 2.41. The molecule has 0 aromatic heterocycles. The minimum absolute atomic E-state index is 0.316. The number of hydrogen-bond donors (Lipinski definition) is 0. The van der Waals surface area contributed by atoms with Gasteiger partial charge in [-0.2, -0.15) is 0 Å². The molecule has 2 nitrogen and oxygen atoms in total. The number of carbonyl (C=O) groups is 1. The van der Waals surface area contributed by atoms with Crippen molar-refractivity contribution in [1.82, 2.24) is 0 Å². The van der Waals surface area contributed by atoms with Gasteiger partial charge in [-0.15, -0.1) is 0 Å². The maximum atomic E-state index is 12.0. The standard InChI is InChI=1S/C16H20O2/c1-3-12-7-8-14(16(17)11-12)9-13-5-4-6-15(10-13)18-2/h4-6,9-10,12H,3,7-8,11H2,1-2H3. The van der Waals surface area contributed by atoms with Gasteiger partial charge in [-0.3, -0.25) is 4.79 Å². The molecule has 1 aromatic rings. The number of carbonyl (C=O) groups excluding carboxylic acids is 1. The van der Waals surface area contributed by atoms with E-state index in [-0.39, 0.29) is 0 Å². The molecule has 0 N–H and O–H groups in total. The van der Waals surface area contributed by atoms with Gasteiger partial charge in [0.1, 0.15) is 5.75 Å². The number of ether oxygens (including phenoxy) is 1. The zero-order chi connectivity index (χ0) is 13.0. The summed E-state index contributed by atoms with van der Waals surface area (Å²) in [5, 5.41) is 0. The van der Waals surface area contributed by atoms with Crippen LogP contribution in [0.3, 0.4) is 0 Å². The molecular formula is C16H20O2. The van der Waals surface area contributed by atoms with Crippen LogP contribution in [0.4, 0.5) is 0 Å². The predicted molar refractivity (Wildman–Crippen MR) is 73.6 cm³/mol. The second-order valence-electron chi connectivity index (χ2n) is 4.89. The van der Waals surface area contributed by atoms with Gasteiger partial charge < -0.3 is 4.74 Å². The van der Waals surface area contributed by atoms with Crippen molar-refractivity contribution in [2.24, 2.45) is 5.92 Å². The van der Waals surface area contributed by atoms with E-state index in [1.165, 1.54) is 0 Å². The Bertz CT molecular complexity index is 460. The predicted octanol–water partition coefficient (Wildman–Crippen LogP) is 3.86. The normalized spacial score (nSPS) is 22.2. The summed E-state index contributed by atoms with van der Waals surface area (Å²) in [6, 6.07) is 7.84. The highest BCUT2D eigenvalue weighted by Gasteiger charge is 2.22. The fourth-order valence-corrected chi connectivity index (χ4v) is 2.43. The summed E-state index contributed by atoms with van der Waals surface area (Å²) >= 11 is 0. The number of hydrogen-bond acceptors (Lipinski definition) is 2. The number of benzene rings is 1. The Morgan fingerprint density at radius 3 is 2.94 bits per heavy atom. The summed E-state index contributed by atoms with van der Waals surface area (Å²) in [7, 11) is 1.66. The van der Waals surface area contributed by atoms with Gasteiger partial charge in [0, 0.05) is 6.42 Å². The number of ketones is 1. The maximum Gasteiger partial charge on any atom is 0.159 e. The molecule has 96 valence electrons. The molecule has 1 fully saturated rings. The van der Waals surface area contributed by atoms with E-state index in [1.807, 2.05) is 30.3 Å². The Kier molecular flexibility index (Phi) is 4.19. The Morgan fingerprint density at radius 2 is 2.28 bits per heavy atom. The van der Waals surface area contributed by atoms with Gasteiger partial charge in [-0.25, -0.2) is 0 Å². The van der Waals surface area contributed by atoms with Crippen LogP contribution in [0.5, 0.6) is 5.75 Å². The number of Topliss-reactive ketones (excluding diaryl/α,β-unsaturated/α-hetero) is 1. The molecule has 0 aliphatic heterocycles. The van der Waals surface area contributed by atoms with Crippen LogP contribution in [0.15, 0.2) is 29.8 Å². The number of rotatable bonds is 3.